The van der Waals surface area contributed by atoms with E-state index in [1.54, 1.807) is 22.3 Å². The highest BCUT2D eigenvalue weighted by Crippen LogP contribution is 2.33. The molecule has 1 aromatic heterocycles. The number of rotatable bonds is 5. The quantitative estimate of drug-likeness (QED) is 0.845. The van der Waals surface area contributed by atoms with Crippen molar-refractivity contribution >= 4 is 22.4 Å². The fourth-order valence-electron chi connectivity index (χ4n) is 3.06. The lowest BCUT2D eigenvalue weighted by Gasteiger charge is -2.35. The summed E-state index contributed by atoms with van der Waals surface area (Å²) in [4.78, 5) is 4.00. The van der Waals surface area contributed by atoms with Crippen LogP contribution in [0.25, 0.3) is 0 Å². The Labute approximate surface area is 154 Å². The summed E-state index contributed by atoms with van der Waals surface area (Å²) in [5.74, 6) is 0.690. The van der Waals surface area contributed by atoms with Crippen molar-refractivity contribution in [2.45, 2.75) is 24.5 Å². The van der Waals surface area contributed by atoms with Crippen molar-refractivity contribution in [3.05, 3.63) is 42.4 Å². The fourth-order valence-corrected chi connectivity index (χ4v) is 4.82. The van der Waals surface area contributed by atoms with Crippen molar-refractivity contribution in [2.75, 3.05) is 26.7 Å². The van der Waals surface area contributed by atoms with Gasteiger partial charge in [-0.3, -0.25) is 0 Å². The van der Waals surface area contributed by atoms with Crippen LogP contribution < -0.4 is 10.1 Å². The molecule has 7 nitrogen and oxygen atoms in total. The van der Waals surface area contributed by atoms with Crippen molar-refractivity contribution in [1.82, 2.24) is 19.2 Å². The summed E-state index contributed by atoms with van der Waals surface area (Å²) in [5, 5.41) is 3.51. The molecular weight excluding hydrogens is 364 g/mol. The molecule has 1 unspecified atom stereocenters. The summed E-state index contributed by atoms with van der Waals surface area (Å²) in [6, 6.07) is 7.22. The number of sulfonamides is 1. The molecule has 138 valence electrons. The van der Waals surface area contributed by atoms with Crippen LogP contribution in [0.1, 0.15) is 18.5 Å². The number of aromatic nitrogens is 2. The molecule has 1 saturated heterocycles. The number of aryl methyl sites for hydroxylation is 1. The third kappa shape index (κ3) is 3.67. The van der Waals surface area contributed by atoms with Gasteiger partial charge in [-0.2, -0.15) is 4.31 Å². The second-order valence-electron chi connectivity index (χ2n) is 5.60. The number of nitrogens with zero attached hydrogens (tertiary/aromatic N) is 3. The zero-order valence-electron chi connectivity index (χ0n) is 14.3. The molecule has 0 saturated carbocycles. The van der Waals surface area contributed by atoms with Crippen LogP contribution in [-0.2, 0) is 16.6 Å². The number of benzene rings is 1. The van der Waals surface area contributed by atoms with Gasteiger partial charge in [0.05, 0.1) is 25.7 Å². The third-order valence-electron chi connectivity index (χ3n) is 4.28. The van der Waals surface area contributed by atoms with E-state index in [9.17, 15) is 8.42 Å². The molecule has 1 aliphatic heterocycles. The Kier molecular flexibility index (Phi) is 6.45. The molecule has 25 heavy (non-hydrogen) atoms. The Bertz CT molecular complexity index is 809. The van der Waals surface area contributed by atoms with Gasteiger partial charge >= 0.3 is 0 Å². The molecule has 2 heterocycles. The highest BCUT2D eigenvalue weighted by Gasteiger charge is 2.37. The summed E-state index contributed by atoms with van der Waals surface area (Å²) in [6.07, 6.45) is 2.97. The van der Waals surface area contributed by atoms with E-state index in [-0.39, 0.29) is 23.5 Å². The zero-order valence-corrected chi connectivity index (χ0v) is 15.9. The predicted octanol–water partition coefficient (Wildman–Crippen LogP) is 1.67. The van der Waals surface area contributed by atoms with E-state index < -0.39 is 10.0 Å². The van der Waals surface area contributed by atoms with Gasteiger partial charge in [0.1, 0.15) is 5.75 Å². The van der Waals surface area contributed by atoms with Gasteiger partial charge in [-0.25, -0.2) is 13.4 Å². The van der Waals surface area contributed by atoms with Crippen LogP contribution in [0.2, 0.25) is 0 Å². The first-order valence-electron chi connectivity index (χ1n) is 7.95. The lowest BCUT2D eigenvalue weighted by molar-refractivity contribution is 0.263. The number of piperazine rings is 1. The van der Waals surface area contributed by atoms with Crippen molar-refractivity contribution in [3.8, 4) is 5.75 Å². The normalized spacial score (nSPS) is 18.6. The molecule has 1 fully saturated rings. The standard InChI is InChI=1S/C16H22N4O3S.ClH/c1-3-19-12-18-11-16(19)24(21,22)20-9-8-17-10-14(20)13-6-4-5-7-15(13)23-2;/h4-7,11-12,14,17H,3,8-10H2,1-2H3;1H. The SMILES string of the molecule is CCn1cncc1S(=O)(=O)N1CCNCC1c1ccccc1OC.Cl. The van der Waals surface area contributed by atoms with E-state index in [1.165, 1.54) is 6.20 Å². The van der Waals surface area contributed by atoms with E-state index in [1.807, 2.05) is 31.2 Å². The number of methoxy groups -OCH3 is 1. The lowest BCUT2D eigenvalue weighted by Crippen LogP contribution is -2.49. The molecule has 1 atom stereocenters. The minimum atomic E-state index is -3.65. The topological polar surface area (TPSA) is 76.5 Å². The van der Waals surface area contributed by atoms with E-state index >= 15 is 0 Å². The molecule has 1 N–H and O–H groups in total. The van der Waals surface area contributed by atoms with Crippen LogP contribution in [0.3, 0.4) is 0 Å². The Morgan fingerprint density at radius 2 is 2.12 bits per heavy atom. The van der Waals surface area contributed by atoms with Gasteiger partial charge in [-0.15, -0.1) is 12.4 Å². The van der Waals surface area contributed by atoms with Gasteiger partial charge < -0.3 is 14.6 Å². The minimum Gasteiger partial charge on any atom is -0.496 e. The van der Waals surface area contributed by atoms with Gasteiger partial charge in [0.25, 0.3) is 10.0 Å². The van der Waals surface area contributed by atoms with E-state index in [0.29, 0.717) is 31.9 Å². The molecular formula is C16H23ClN4O3S. The smallest absolute Gasteiger partial charge is 0.260 e. The maximum absolute atomic E-state index is 13.2. The number of halogens is 1. The van der Waals surface area contributed by atoms with Crippen LogP contribution in [0.5, 0.6) is 5.75 Å². The highest BCUT2D eigenvalue weighted by molar-refractivity contribution is 7.89. The largest absolute Gasteiger partial charge is 0.496 e. The average molecular weight is 387 g/mol. The van der Waals surface area contributed by atoms with E-state index in [4.69, 9.17) is 4.74 Å². The van der Waals surface area contributed by atoms with Gasteiger partial charge in [0, 0.05) is 31.7 Å². The second kappa shape index (κ2) is 8.18. The zero-order chi connectivity index (χ0) is 17.2. The molecule has 2 aromatic rings. The van der Waals surface area contributed by atoms with E-state index in [2.05, 4.69) is 10.3 Å². The molecule has 3 rings (SSSR count). The molecule has 0 spiro atoms. The highest BCUT2D eigenvalue weighted by atomic mass is 35.5. The van der Waals surface area contributed by atoms with Crippen LogP contribution >= 0.6 is 12.4 Å². The molecule has 1 aliphatic rings. The molecule has 0 bridgehead atoms. The molecule has 0 amide bonds. The maximum Gasteiger partial charge on any atom is 0.260 e. The summed E-state index contributed by atoms with van der Waals surface area (Å²) >= 11 is 0. The van der Waals surface area contributed by atoms with Crippen molar-refractivity contribution < 1.29 is 13.2 Å². The van der Waals surface area contributed by atoms with Crippen molar-refractivity contribution in [3.63, 3.8) is 0 Å². The van der Waals surface area contributed by atoms with Crippen LogP contribution in [-0.4, -0.2) is 49.0 Å². The Balaban J connectivity index is 0.00000225. The van der Waals surface area contributed by atoms with Crippen molar-refractivity contribution in [1.29, 1.82) is 0 Å². The number of hydrogen-bond donors (Lipinski definition) is 1. The molecule has 0 aliphatic carbocycles. The van der Waals surface area contributed by atoms with Gasteiger partial charge in [0.15, 0.2) is 5.03 Å². The first kappa shape index (κ1) is 19.7. The predicted molar refractivity (Wildman–Crippen MR) is 97.6 cm³/mol. The number of ether oxygens (including phenoxy) is 1. The van der Waals surface area contributed by atoms with Crippen LogP contribution in [0.15, 0.2) is 41.8 Å². The molecule has 1 aromatic carbocycles. The molecule has 0 radical (unpaired) electrons. The van der Waals surface area contributed by atoms with Gasteiger partial charge in [-0.05, 0) is 13.0 Å². The van der Waals surface area contributed by atoms with Crippen LogP contribution in [0.4, 0.5) is 0 Å². The Hall–Kier alpha value is -1.61. The second-order valence-corrected chi connectivity index (χ2v) is 7.43. The van der Waals surface area contributed by atoms with Gasteiger partial charge in [0.2, 0.25) is 0 Å². The Morgan fingerprint density at radius 1 is 1.36 bits per heavy atom. The maximum atomic E-state index is 13.2. The number of nitrogens with one attached hydrogen (secondary N) is 1. The summed E-state index contributed by atoms with van der Waals surface area (Å²) in [6.45, 7) is 4.01. The number of hydrogen-bond acceptors (Lipinski definition) is 5. The summed E-state index contributed by atoms with van der Waals surface area (Å²) < 4.78 is 35.0. The average Bonchev–Trinajstić information content (AvgIpc) is 3.11. The number of para-hydroxylation sites is 1. The third-order valence-corrected chi connectivity index (χ3v) is 6.20. The first-order valence-corrected chi connectivity index (χ1v) is 9.39. The van der Waals surface area contributed by atoms with E-state index in [0.717, 1.165) is 5.56 Å². The summed E-state index contributed by atoms with van der Waals surface area (Å²) in [7, 11) is -2.05. The van der Waals surface area contributed by atoms with Crippen LogP contribution in [0, 0.1) is 0 Å². The molecule has 9 heteroatoms. The first-order chi connectivity index (χ1) is 11.6. The van der Waals surface area contributed by atoms with Crippen molar-refractivity contribution in [2.24, 2.45) is 0 Å². The monoisotopic (exact) mass is 386 g/mol. The Morgan fingerprint density at radius 3 is 2.84 bits per heavy atom. The van der Waals surface area contributed by atoms with Gasteiger partial charge in [-0.1, -0.05) is 18.2 Å². The minimum absolute atomic E-state index is 0. The fraction of sp³-hybridized carbons (Fsp3) is 0.438. The lowest BCUT2D eigenvalue weighted by atomic mass is 10.0. The number of imidazole rings is 1. The summed E-state index contributed by atoms with van der Waals surface area (Å²) in [5.41, 5.74) is 0.860.